The zero-order valence-electron chi connectivity index (χ0n) is 10.2. The molecular formula is C13H20N2O2. The highest BCUT2D eigenvalue weighted by Gasteiger charge is 2.13. The smallest absolute Gasteiger partial charge is 0.222 e. The molecule has 0 fully saturated rings. The van der Waals surface area contributed by atoms with Crippen molar-refractivity contribution in [3.8, 4) is 0 Å². The van der Waals surface area contributed by atoms with Crippen LogP contribution in [-0.4, -0.2) is 22.6 Å². The van der Waals surface area contributed by atoms with Crippen LogP contribution in [0.4, 0.5) is 0 Å². The lowest BCUT2D eigenvalue weighted by Crippen LogP contribution is -2.29. The molecule has 0 saturated carbocycles. The van der Waals surface area contributed by atoms with Crippen LogP contribution in [0.5, 0.6) is 0 Å². The van der Waals surface area contributed by atoms with Crippen LogP contribution in [0.1, 0.15) is 44.2 Å². The monoisotopic (exact) mass is 236 g/mol. The third-order valence-electron chi connectivity index (χ3n) is 2.61. The van der Waals surface area contributed by atoms with Gasteiger partial charge >= 0.3 is 0 Å². The molecule has 0 bridgehead atoms. The maximum atomic E-state index is 11.5. The molecule has 1 heterocycles. The lowest BCUT2D eigenvalue weighted by Gasteiger charge is -2.18. The van der Waals surface area contributed by atoms with Gasteiger partial charge in [-0.15, -0.1) is 0 Å². The van der Waals surface area contributed by atoms with Crippen molar-refractivity contribution in [1.29, 1.82) is 0 Å². The minimum absolute atomic E-state index is 0.00250. The zero-order valence-corrected chi connectivity index (χ0v) is 10.2. The second-order valence-corrected chi connectivity index (χ2v) is 4.02. The van der Waals surface area contributed by atoms with Crippen molar-refractivity contribution in [3.63, 3.8) is 0 Å². The van der Waals surface area contributed by atoms with Gasteiger partial charge in [0.2, 0.25) is 5.91 Å². The minimum Gasteiger partial charge on any atom is -0.396 e. The fraction of sp³-hybridized carbons (Fsp3) is 0.538. The van der Waals surface area contributed by atoms with Crippen molar-refractivity contribution in [3.05, 3.63) is 30.1 Å². The number of carbonyl (C=O) groups is 1. The molecule has 1 amide bonds. The summed E-state index contributed by atoms with van der Waals surface area (Å²) in [7, 11) is 0. The molecule has 1 atom stereocenters. The zero-order chi connectivity index (χ0) is 12.5. The van der Waals surface area contributed by atoms with Crippen molar-refractivity contribution in [2.75, 3.05) is 6.61 Å². The molecule has 0 spiro atoms. The molecule has 17 heavy (non-hydrogen) atoms. The first kappa shape index (κ1) is 13.6. The topological polar surface area (TPSA) is 62.2 Å². The number of carbonyl (C=O) groups excluding carboxylic acids is 1. The Balaban J connectivity index is 2.63. The van der Waals surface area contributed by atoms with Gasteiger partial charge in [-0.05, 0) is 18.1 Å². The largest absolute Gasteiger partial charge is 0.396 e. The summed E-state index contributed by atoms with van der Waals surface area (Å²) in [6, 6.07) is 3.83. The number of pyridine rings is 1. The Morgan fingerprint density at radius 2 is 2.41 bits per heavy atom. The number of unbranched alkanes of at least 4 members (excludes halogenated alkanes) is 1. The highest BCUT2D eigenvalue weighted by atomic mass is 16.3. The van der Waals surface area contributed by atoms with Gasteiger partial charge in [-0.1, -0.05) is 25.8 Å². The number of nitrogens with zero attached hydrogens (tertiary/aromatic N) is 1. The first-order chi connectivity index (χ1) is 8.27. The van der Waals surface area contributed by atoms with Crippen LogP contribution >= 0.6 is 0 Å². The Morgan fingerprint density at radius 1 is 1.59 bits per heavy atom. The van der Waals surface area contributed by atoms with Crippen LogP contribution in [0.2, 0.25) is 0 Å². The Hall–Kier alpha value is -1.42. The summed E-state index contributed by atoms with van der Waals surface area (Å²) in [6.45, 7) is 2.01. The summed E-state index contributed by atoms with van der Waals surface area (Å²) in [6.07, 6.45) is 6.70. The lowest BCUT2D eigenvalue weighted by atomic mass is 10.0. The van der Waals surface area contributed by atoms with E-state index in [0.29, 0.717) is 0 Å². The van der Waals surface area contributed by atoms with Gasteiger partial charge < -0.3 is 10.4 Å². The molecule has 0 saturated heterocycles. The van der Waals surface area contributed by atoms with Crippen LogP contribution in [0.15, 0.2) is 24.5 Å². The highest BCUT2D eigenvalue weighted by Crippen LogP contribution is 2.18. The third kappa shape index (κ3) is 4.95. The molecule has 0 aliphatic heterocycles. The maximum Gasteiger partial charge on any atom is 0.222 e. The molecular weight excluding hydrogens is 216 g/mol. The molecule has 4 nitrogen and oxygen atoms in total. The molecule has 2 N–H and O–H groups in total. The van der Waals surface area contributed by atoms with E-state index in [2.05, 4.69) is 17.2 Å². The molecule has 94 valence electrons. The predicted octanol–water partition coefficient (Wildman–Crippen LogP) is 1.81. The van der Waals surface area contributed by atoms with E-state index in [-0.39, 0.29) is 25.0 Å². The van der Waals surface area contributed by atoms with Crippen molar-refractivity contribution < 1.29 is 9.90 Å². The summed E-state index contributed by atoms with van der Waals surface area (Å²) in [5, 5.41) is 11.7. The third-order valence-corrected chi connectivity index (χ3v) is 2.61. The molecule has 0 radical (unpaired) electrons. The Bertz CT molecular complexity index is 327. The highest BCUT2D eigenvalue weighted by molar-refractivity contribution is 5.76. The number of hydrogen-bond donors (Lipinski definition) is 2. The SMILES string of the molecule is CCCCC(NC(=O)CCO)c1cccnc1. The molecule has 1 aromatic heterocycles. The molecule has 0 aliphatic carbocycles. The molecule has 1 rings (SSSR count). The van der Waals surface area contributed by atoms with Gasteiger partial charge in [-0.2, -0.15) is 0 Å². The van der Waals surface area contributed by atoms with E-state index in [9.17, 15) is 4.79 Å². The van der Waals surface area contributed by atoms with Crippen molar-refractivity contribution >= 4 is 5.91 Å². The van der Waals surface area contributed by atoms with Crippen LogP contribution < -0.4 is 5.32 Å². The second-order valence-electron chi connectivity index (χ2n) is 4.02. The van der Waals surface area contributed by atoms with Crippen molar-refractivity contribution in [2.24, 2.45) is 0 Å². The number of aliphatic hydroxyl groups is 1. The van der Waals surface area contributed by atoms with E-state index < -0.39 is 0 Å². The Kier molecular flexibility index (Phi) is 6.25. The van der Waals surface area contributed by atoms with E-state index >= 15 is 0 Å². The summed E-state index contributed by atoms with van der Waals surface area (Å²) >= 11 is 0. The number of rotatable bonds is 7. The standard InChI is InChI=1S/C13H20N2O2/c1-2-3-6-12(15-13(17)7-9-16)11-5-4-8-14-10-11/h4-5,8,10,12,16H,2-3,6-7,9H2,1H3,(H,15,17). The fourth-order valence-electron chi connectivity index (χ4n) is 1.68. The maximum absolute atomic E-state index is 11.5. The Morgan fingerprint density at radius 3 is 3.00 bits per heavy atom. The number of nitrogens with one attached hydrogen (secondary N) is 1. The van der Waals surface area contributed by atoms with E-state index in [1.54, 1.807) is 12.4 Å². The van der Waals surface area contributed by atoms with Gasteiger partial charge in [-0.25, -0.2) is 0 Å². The van der Waals surface area contributed by atoms with Gasteiger partial charge in [0.15, 0.2) is 0 Å². The number of aromatic nitrogens is 1. The summed E-state index contributed by atoms with van der Waals surface area (Å²) in [5.41, 5.74) is 1.02. The molecule has 4 heteroatoms. The lowest BCUT2D eigenvalue weighted by molar-refractivity contribution is -0.122. The van der Waals surface area contributed by atoms with Crippen LogP contribution in [0, 0.1) is 0 Å². The quantitative estimate of drug-likeness (QED) is 0.759. The number of aliphatic hydroxyl groups excluding tert-OH is 1. The predicted molar refractivity (Wildman–Crippen MR) is 66.3 cm³/mol. The molecule has 1 unspecified atom stereocenters. The van der Waals surface area contributed by atoms with Gasteiger partial charge in [-0.3, -0.25) is 9.78 Å². The van der Waals surface area contributed by atoms with Crippen molar-refractivity contribution in [2.45, 2.75) is 38.6 Å². The van der Waals surface area contributed by atoms with Crippen LogP contribution in [-0.2, 0) is 4.79 Å². The molecule has 0 aromatic carbocycles. The fourth-order valence-corrected chi connectivity index (χ4v) is 1.68. The van der Waals surface area contributed by atoms with Crippen LogP contribution in [0.25, 0.3) is 0 Å². The molecule has 1 aromatic rings. The van der Waals surface area contributed by atoms with Gasteiger partial charge in [0.25, 0.3) is 0 Å². The van der Waals surface area contributed by atoms with E-state index in [1.165, 1.54) is 0 Å². The van der Waals surface area contributed by atoms with E-state index in [0.717, 1.165) is 24.8 Å². The number of hydrogen-bond acceptors (Lipinski definition) is 3. The Labute approximate surface area is 102 Å². The minimum atomic E-state index is -0.113. The average molecular weight is 236 g/mol. The van der Waals surface area contributed by atoms with Gasteiger partial charge in [0.05, 0.1) is 12.6 Å². The average Bonchev–Trinajstić information content (AvgIpc) is 2.36. The normalized spacial score (nSPS) is 12.1. The first-order valence-electron chi connectivity index (χ1n) is 6.08. The second kappa shape index (κ2) is 7.79. The van der Waals surface area contributed by atoms with Crippen molar-refractivity contribution in [1.82, 2.24) is 10.3 Å². The summed E-state index contributed by atoms with van der Waals surface area (Å²) < 4.78 is 0. The number of amides is 1. The summed E-state index contributed by atoms with van der Waals surface area (Å²) in [4.78, 5) is 15.6. The van der Waals surface area contributed by atoms with Gasteiger partial charge in [0, 0.05) is 18.8 Å². The van der Waals surface area contributed by atoms with Crippen LogP contribution in [0.3, 0.4) is 0 Å². The summed E-state index contributed by atoms with van der Waals surface area (Å²) in [5.74, 6) is -0.113. The van der Waals surface area contributed by atoms with Gasteiger partial charge in [0.1, 0.15) is 0 Å². The molecule has 0 aliphatic rings. The van der Waals surface area contributed by atoms with E-state index in [1.807, 2.05) is 12.1 Å². The van der Waals surface area contributed by atoms with E-state index in [4.69, 9.17) is 5.11 Å². The first-order valence-corrected chi connectivity index (χ1v) is 6.08.